The van der Waals surface area contributed by atoms with E-state index < -0.39 is 0 Å². The smallest absolute Gasteiger partial charge is 0.263 e. The van der Waals surface area contributed by atoms with Crippen LogP contribution < -0.4 is 14.8 Å². The summed E-state index contributed by atoms with van der Waals surface area (Å²) in [7, 11) is 1.64. The summed E-state index contributed by atoms with van der Waals surface area (Å²) in [5, 5.41) is 3.74. The van der Waals surface area contributed by atoms with Crippen molar-refractivity contribution in [2.75, 3.05) is 13.7 Å². The number of hydrogen-bond donors (Lipinski definition) is 1. The first-order chi connectivity index (χ1) is 15.1. The summed E-state index contributed by atoms with van der Waals surface area (Å²) in [6, 6.07) is 14.0. The fourth-order valence-corrected chi connectivity index (χ4v) is 4.55. The van der Waals surface area contributed by atoms with Gasteiger partial charge in [0.15, 0.2) is 11.5 Å². The number of ether oxygens (including phenoxy) is 2. The number of aromatic nitrogens is 1. The quantitative estimate of drug-likeness (QED) is 0.299. The summed E-state index contributed by atoms with van der Waals surface area (Å²) in [6.07, 6.45) is 6.58. The van der Waals surface area contributed by atoms with Crippen molar-refractivity contribution in [1.82, 2.24) is 9.88 Å². The van der Waals surface area contributed by atoms with Gasteiger partial charge in [-0.25, -0.2) is 0 Å². The fraction of sp³-hybridized carbons (Fsp3) is 0.167. The molecule has 0 atom stereocenters. The lowest BCUT2D eigenvalue weighted by Crippen LogP contribution is -2.17. The van der Waals surface area contributed by atoms with Gasteiger partial charge in [-0.2, -0.15) is 0 Å². The molecule has 1 fully saturated rings. The Kier molecular flexibility index (Phi) is 6.44. The largest absolute Gasteiger partial charge is 0.493 e. The highest BCUT2D eigenvalue weighted by Crippen LogP contribution is 2.31. The van der Waals surface area contributed by atoms with E-state index in [9.17, 15) is 4.79 Å². The van der Waals surface area contributed by atoms with Gasteiger partial charge in [-0.3, -0.25) is 4.79 Å². The fourth-order valence-electron chi connectivity index (χ4n) is 3.52. The summed E-state index contributed by atoms with van der Waals surface area (Å²) >= 11 is 6.38. The predicted octanol–water partition coefficient (Wildman–Crippen LogP) is 4.95. The lowest BCUT2D eigenvalue weighted by atomic mass is 10.1. The van der Waals surface area contributed by atoms with Crippen LogP contribution in [-0.4, -0.2) is 28.5 Å². The maximum absolute atomic E-state index is 12.1. The lowest BCUT2D eigenvalue weighted by Gasteiger charge is -2.12. The SMILES string of the molecule is C=CCc1ccc(OCCn2cc(C=C3SC(=S)NC3=O)c3ccccc32)c(OC)c1. The van der Waals surface area contributed by atoms with Crippen molar-refractivity contribution in [2.45, 2.75) is 13.0 Å². The molecule has 0 spiro atoms. The molecule has 0 bridgehead atoms. The van der Waals surface area contributed by atoms with E-state index >= 15 is 0 Å². The maximum Gasteiger partial charge on any atom is 0.263 e. The van der Waals surface area contributed by atoms with Gasteiger partial charge in [0.1, 0.15) is 10.9 Å². The Labute approximate surface area is 190 Å². The minimum Gasteiger partial charge on any atom is -0.493 e. The van der Waals surface area contributed by atoms with Crippen LogP contribution in [-0.2, 0) is 17.8 Å². The first-order valence-corrected chi connectivity index (χ1v) is 11.0. The third-order valence-corrected chi connectivity index (χ3v) is 6.11. The van der Waals surface area contributed by atoms with Gasteiger partial charge in [0, 0.05) is 22.7 Å². The van der Waals surface area contributed by atoms with Crippen LogP contribution in [0.2, 0.25) is 0 Å². The third-order valence-electron chi connectivity index (χ3n) is 4.95. The minimum atomic E-state index is -0.151. The number of carbonyl (C=O) groups is 1. The van der Waals surface area contributed by atoms with Gasteiger partial charge in [-0.1, -0.05) is 54.3 Å². The Morgan fingerprint density at radius 1 is 1.23 bits per heavy atom. The van der Waals surface area contributed by atoms with Gasteiger partial charge in [-0.05, 0) is 36.3 Å². The highest BCUT2D eigenvalue weighted by Gasteiger charge is 2.22. The highest BCUT2D eigenvalue weighted by molar-refractivity contribution is 8.26. The average molecular weight is 451 g/mol. The molecule has 1 aliphatic heterocycles. The van der Waals surface area contributed by atoms with E-state index in [-0.39, 0.29) is 5.91 Å². The number of carbonyl (C=O) groups excluding carboxylic acids is 1. The number of para-hydroxylation sites is 1. The monoisotopic (exact) mass is 450 g/mol. The molecule has 3 aromatic rings. The maximum atomic E-state index is 12.1. The molecule has 0 unspecified atom stereocenters. The molecule has 158 valence electrons. The number of benzene rings is 2. The number of amides is 1. The van der Waals surface area contributed by atoms with Crippen LogP contribution in [0.4, 0.5) is 0 Å². The molecule has 0 saturated carbocycles. The molecule has 1 saturated heterocycles. The van der Waals surface area contributed by atoms with Crippen LogP contribution in [0.15, 0.2) is 66.2 Å². The summed E-state index contributed by atoms with van der Waals surface area (Å²) < 4.78 is 14.1. The summed E-state index contributed by atoms with van der Waals surface area (Å²) in [4.78, 5) is 12.7. The van der Waals surface area contributed by atoms with E-state index in [0.29, 0.717) is 33.9 Å². The second kappa shape index (κ2) is 9.41. The van der Waals surface area contributed by atoms with Crippen molar-refractivity contribution >= 4 is 51.2 Å². The molecule has 1 aliphatic rings. The van der Waals surface area contributed by atoms with Gasteiger partial charge in [0.25, 0.3) is 5.91 Å². The van der Waals surface area contributed by atoms with E-state index in [1.165, 1.54) is 11.8 Å². The van der Waals surface area contributed by atoms with Gasteiger partial charge >= 0.3 is 0 Å². The number of thioether (sulfide) groups is 1. The molecule has 2 heterocycles. The number of hydrogen-bond acceptors (Lipinski definition) is 5. The number of nitrogens with one attached hydrogen (secondary N) is 1. The zero-order valence-electron chi connectivity index (χ0n) is 17.1. The number of methoxy groups -OCH3 is 1. The van der Waals surface area contributed by atoms with Crippen LogP contribution in [0.1, 0.15) is 11.1 Å². The number of allylic oxidation sites excluding steroid dienone is 1. The van der Waals surface area contributed by atoms with Crippen molar-refractivity contribution in [1.29, 1.82) is 0 Å². The Hall–Kier alpha value is -3.03. The summed E-state index contributed by atoms with van der Waals surface area (Å²) in [5.41, 5.74) is 3.18. The molecule has 4 rings (SSSR count). The normalized spacial score (nSPS) is 14.8. The van der Waals surface area contributed by atoms with Gasteiger partial charge in [0.2, 0.25) is 0 Å². The average Bonchev–Trinajstić information content (AvgIpc) is 3.28. The van der Waals surface area contributed by atoms with Crippen LogP contribution in [0.25, 0.3) is 17.0 Å². The van der Waals surface area contributed by atoms with Crippen LogP contribution in [0.5, 0.6) is 11.5 Å². The van der Waals surface area contributed by atoms with Crippen molar-refractivity contribution in [3.05, 3.63) is 77.3 Å². The van der Waals surface area contributed by atoms with Crippen LogP contribution in [0, 0.1) is 0 Å². The molecule has 0 aliphatic carbocycles. The minimum absolute atomic E-state index is 0.151. The molecule has 5 nitrogen and oxygen atoms in total. The van der Waals surface area contributed by atoms with Crippen molar-refractivity contribution < 1.29 is 14.3 Å². The van der Waals surface area contributed by atoms with E-state index in [4.69, 9.17) is 21.7 Å². The molecular weight excluding hydrogens is 428 g/mol. The molecule has 1 aromatic heterocycles. The summed E-state index contributed by atoms with van der Waals surface area (Å²) in [5.74, 6) is 1.27. The molecular formula is C24H22N2O3S2. The van der Waals surface area contributed by atoms with Crippen molar-refractivity contribution in [3.63, 3.8) is 0 Å². The molecule has 7 heteroatoms. The molecule has 31 heavy (non-hydrogen) atoms. The Morgan fingerprint density at radius 2 is 2.06 bits per heavy atom. The Morgan fingerprint density at radius 3 is 2.81 bits per heavy atom. The van der Waals surface area contributed by atoms with Gasteiger partial charge in [0.05, 0.1) is 18.6 Å². The van der Waals surface area contributed by atoms with Gasteiger partial charge < -0.3 is 19.4 Å². The first-order valence-electron chi connectivity index (χ1n) is 9.82. The van der Waals surface area contributed by atoms with Crippen LogP contribution in [0.3, 0.4) is 0 Å². The third kappa shape index (κ3) is 4.68. The van der Waals surface area contributed by atoms with E-state index in [1.807, 2.05) is 48.7 Å². The predicted molar refractivity (Wildman–Crippen MR) is 131 cm³/mol. The Bertz CT molecular complexity index is 1200. The molecule has 2 aromatic carbocycles. The highest BCUT2D eigenvalue weighted by atomic mass is 32.2. The standard InChI is InChI=1S/C24H22N2O3S2/c1-3-6-16-9-10-20(21(13-16)28-2)29-12-11-26-15-17(18-7-4-5-8-19(18)26)14-22-23(27)25-24(30)31-22/h3-5,7-10,13-15H,1,6,11-12H2,2H3,(H,25,27,30). The zero-order valence-corrected chi connectivity index (χ0v) is 18.7. The van der Waals surface area contributed by atoms with E-state index in [0.717, 1.165) is 28.5 Å². The number of thiocarbonyl (C=S) groups is 1. The second-order valence-corrected chi connectivity index (χ2v) is 8.69. The van der Waals surface area contributed by atoms with Crippen molar-refractivity contribution in [3.8, 4) is 11.5 Å². The zero-order chi connectivity index (χ0) is 21.8. The number of fused-ring (bicyclic) bond motifs is 1. The topological polar surface area (TPSA) is 52.5 Å². The molecule has 1 N–H and O–H groups in total. The number of rotatable bonds is 8. The van der Waals surface area contributed by atoms with E-state index in [1.54, 1.807) is 7.11 Å². The van der Waals surface area contributed by atoms with E-state index in [2.05, 4.69) is 28.6 Å². The van der Waals surface area contributed by atoms with Gasteiger partial charge in [-0.15, -0.1) is 6.58 Å². The Balaban J connectivity index is 1.53. The van der Waals surface area contributed by atoms with Crippen molar-refractivity contribution in [2.24, 2.45) is 0 Å². The number of nitrogens with zero attached hydrogens (tertiary/aromatic N) is 1. The summed E-state index contributed by atoms with van der Waals surface area (Å²) in [6.45, 7) is 4.90. The first kappa shape index (κ1) is 21.2. The molecule has 0 radical (unpaired) electrons. The lowest BCUT2D eigenvalue weighted by molar-refractivity contribution is -0.115. The second-order valence-electron chi connectivity index (χ2n) is 6.97. The molecule has 1 amide bonds. The van der Waals surface area contributed by atoms with Crippen LogP contribution >= 0.6 is 24.0 Å².